The number of esters is 1. The molecule has 1 fully saturated rings. The Kier molecular flexibility index (Phi) is 12.1. The summed E-state index contributed by atoms with van der Waals surface area (Å²) in [6, 6.07) is 11.8. The van der Waals surface area contributed by atoms with Gasteiger partial charge in [-0.3, -0.25) is 14.6 Å². The van der Waals surface area contributed by atoms with Crippen LogP contribution in [0.1, 0.15) is 60.6 Å². The highest BCUT2D eigenvalue weighted by molar-refractivity contribution is 9.10. The number of carbonyl (C=O) groups excluding carboxylic acids is 3. The van der Waals surface area contributed by atoms with Crippen molar-refractivity contribution in [2.75, 3.05) is 31.4 Å². The number of ether oxygens (including phenoxy) is 2. The fourth-order valence-electron chi connectivity index (χ4n) is 5.18. The van der Waals surface area contributed by atoms with E-state index in [-0.39, 0.29) is 29.1 Å². The third-order valence-electron chi connectivity index (χ3n) is 6.93. The molecule has 2 aromatic carbocycles. The predicted molar refractivity (Wildman–Crippen MR) is 168 cm³/mol. The van der Waals surface area contributed by atoms with Gasteiger partial charge in [-0.1, -0.05) is 44.5 Å². The van der Waals surface area contributed by atoms with Crippen LogP contribution in [0.5, 0.6) is 5.75 Å². The number of pyridine rings is 1. The molecular weight excluding hydrogens is 643 g/mol. The molecule has 0 aliphatic carbocycles. The number of nitrogens with one attached hydrogen (secondary N) is 3. The van der Waals surface area contributed by atoms with E-state index in [1.54, 1.807) is 30.5 Å². The van der Waals surface area contributed by atoms with Crippen LogP contribution in [0.2, 0.25) is 5.02 Å². The molecule has 12 heteroatoms. The lowest BCUT2D eigenvalue weighted by Gasteiger charge is -2.30. The molecule has 3 N–H and O–H groups in total. The Morgan fingerprint density at radius 1 is 1.14 bits per heavy atom. The highest BCUT2D eigenvalue weighted by Crippen LogP contribution is 2.46. The zero-order valence-corrected chi connectivity index (χ0v) is 26.9. The SMILES string of the molecule is CC(C)(C)C[C@@H]1NCC(c2cccc(Br)c2F)C1c1ncc(Cl)cc1NC=O.COC(=O)c1ccc(NC=O)c(OC)c1. The maximum Gasteiger partial charge on any atom is 0.337 e. The van der Waals surface area contributed by atoms with Crippen molar-refractivity contribution in [3.8, 4) is 5.75 Å². The van der Waals surface area contributed by atoms with Gasteiger partial charge in [-0.15, -0.1) is 0 Å². The van der Waals surface area contributed by atoms with Gasteiger partial charge in [0.2, 0.25) is 12.8 Å². The number of benzene rings is 2. The minimum Gasteiger partial charge on any atom is -0.495 e. The summed E-state index contributed by atoms with van der Waals surface area (Å²) in [5.74, 6) is -0.529. The summed E-state index contributed by atoms with van der Waals surface area (Å²) in [4.78, 5) is 37.2. The molecule has 0 spiro atoms. The number of carbonyl (C=O) groups is 3. The maximum atomic E-state index is 14.9. The molecule has 1 aliphatic rings. The topological polar surface area (TPSA) is 119 Å². The molecule has 43 heavy (non-hydrogen) atoms. The number of hydrogen-bond acceptors (Lipinski definition) is 7. The summed E-state index contributed by atoms with van der Waals surface area (Å²) < 4.78 is 24.9. The second kappa shape index (κ2) is 15.3. The number of methoxy groups -OCH3 is 2. The standard InChI is InChI=1S/C21H24BrClFN3O.C10H11NO4/c1-21(2,3)8-17-18(20-16(27-11-28)7-12(23)9-26-20)14(10-25-17)13-5-4-6-15(22)19(13)24;1-14-9-5-7(10(13)15-2)3-4-8(9)11-6-12/h4-7,9,11,14,17-18,25H,8,10H2,1-3H3,(H,27,28);3-6H,1-2H3,(H,11,12)/t14?,17-,18?;/m0./s1. The van der Waals surface area contributed by atoms with Crippen LogP contribution in [-0.2, 0) is 14.3 Å². The van der Waals surface area contributed by atoms with Gasteiger partial charge in [0.05, 0.1) is 46.3 Å². The molecule has 4 rings (SSSR count). The average Bonchev–Trinajstić information content (AvgIpc) is 3.36. The van der Waals surface area contributed by atoms with E-state index in [2.05, 4.69) is 62.4 Å². The van der Waals surface area contributed by atoms with Gasteiger partial charge in [0.15, 0.2) is 0 Å². The Morgan fingerprint density at radius 2 is 1.84 bits per heavy atom. The fraction of sp³-hybridized carbons (Fsp3) is 0.355. The molecule has 1 aliphatic heterocycles. The van der Waals surface area contributed by atoms with E-state index >= 15 is 0 Å². The zero-order valence-electron chi connectivity index (χ0n) is 24.5. The highest BCUT2D eigenvalue weighted by atomic mass is 79.9. The molecule has 0 radical (unpaired) electrons. The molecule has 0 saturated carbocycles. The van der Waals surface area contributed by atoms with Crippen LogP contribution >= 0.6 is 27.5 Å². The largest absolute Gasteiger partial charge is 0.495 e. The van der Waals surface area contributed by atoms with E-state index in [0.717, 1.165) is 12.1 Å². The van der Waals surface area contributed by atoms with Gasteiger partial charge in [0.1, 0.15) is 11.6 Å². The van der Waals surface area contributed by atoms with Crippen LogP contribution in [0.3, 0.4) is 0 Å². The van der Waals surface area contributed by atoms with E-state index < -0.39 is 5.97 Å². The third-order valence-corrected chi connectivity index (χ3v) is 7.75. The van der Waals surface area contributed by atoms with Gasteiger partial charge in [0, 0.05) is 30.6 Å². The van der Waals surface area contributed by atoms with Gasteiger partial charge in [-0.25, -0.2) is 9.18 Å². The van der Waals surface area contributed by atoms with E-state index in [4.69, 9.17) is 16.3 Å². The summed E-state index contributed by atoms with van der Waals surface area (Å²) >= 11 is 9.40. The number of anilines is 2. The van der Waals surface area contributed by atoms with Gasteiger partial charge in [-0.05, 0) is 63.7 Å². The molecule has 2 amide bonds. The summed E-state index contributed by atoms with van der Waals surface area (Å²) in [6.07, 6.45) is 3.62. The van der Waals surface area contributed by atoms with E-state index in [1.165, 1.54) is 20.3 Å². The molecule has 230 valence electrons. The maximum absolute atomic E-state index is 14.9. The van der Waals surface area contributed by atoms with E-state index in [9.17, 15) is 18.8 Å². The number of nitrogens with zero attached hydrogens (tertiary/aromatic N) is 1. The lowest BCUT2D eigenvalue weighted by molar-refractivity contribution is -0.106. The van der Waals surface area contributed by atoms with E-state index in [1.807, 2.05) is 12.1 Å². The number of rotatable bonds is 9. The van der Waals surface area contributed by atoms with Crippen molar-refractivity contribution in [3.05, 3.63) is 80.8 Å². The molecule has 0 bridgehead atoms. The zero-order chi connectivity index (χ0) is 31.7. The van der Waals surface area contributed by atoms with Crippen molar-refractivity contribution >= 4 is 57.7 Å². The van der Waals surface area contributed by atoms with Gasteiger partial charge in [-0.2, -0.15) is 0 Å². The summed E-state index contributed by atoms with van der Waals surface area (Å²) in [5.41, 5.74) is 2.87. The van der Waals surface area contributed by atoms with Gasteiger partial charge >= 0.3 is 5.97 Å². The minimum atomic E-state index is -0.453. The second-order valence-electron chi connectivity index (χ2n) is 11.1. The molecule has 2 unspecified atom stereocenters. The molecular formula is C31H35BrClFN4O5. The predicted octanol–water partition coefficient (Wildman–Crippen LogP) is 6.53. The monoisotopic (exact) mass is 676 g/mol. The summed E-state index contributed by atoms with van der Waals surface area (Å²) in [6.45, 7) is 7.17. The molecule has 3 atom stereocenters. The number of aromatic nitrogens is 1. The Bertz CT molecular complexity index is 1450. The number of amides is 2. The van der Waals surface area contributed by atoms with Gasteiger partial charge in [0.25, 0.3) is 0 Å². The van der Waals surface area contributed by atoms with Crippen molar-refractivity contribution in [2.45, 2.75) is 45.1 Å². The van der Waals surface area contributed by atoms with Crippen molar-refractivity contribution in [1.82, 2.24) is 10.3 Å². The Labute approximate surface area is 264 Å². The molecule has 1 aromatic heterocycles. The second-order valence-corrected chi connectivity index (χ2v) is 12.4. The van der Waals surface area contributed by atoms with Gasteiger partial charge < -0.3 is 25.4 Å². The molecule has 3 aromatic rings. The number of hydrogen-bond donors (Lipinski definition) is 3. The van der Waals surface area contributed by atoms with Crippen LogP contribution in [0, 0.1) is 11.2 Å². The average molecular weight is 678 g/mol. The first-order valence-electron chi connectivity index (χ1n) is 13.4. The Balaban J connectivity index is 0.000000285. The fourth-order valence-corrected chi connectivity index (χ4v) is 5.72. The molecule has 9 nitrogen and oxygen atoms in total. The Morgan fingerprint density at radius 3 is 2.47 bits per heavy atom. The van der Waals surface area contributed by atoms with Crippen LogP contribution in [0.4, 0.5) is 15.8 Å². The van der Waals surface area contributed by atoms with Crippen molar-refractivity contribution in [3.63, 3.8) is 0 Å². The van der Waals surface area contributed by atoms with Crippen molar-refractivity contribution < 1.29 is 28.2 Å². The first kappa shape index (κ1) is 34.0. The van der Waals surface area contributed by atoms with Crippen LogP contribution in [0.25, 0.3) is 0 Å². The highest BCUT2D eigenvalue weighted by Gasteiger charge is 2.42. The number of halogens is 3. The third kappa shape index (κ3) is 8.75. The first-order chi connectivity index (χ1) is 20.4. The normalized spacial score (nSPS) is 17.7. The van der Waals surface area contributed by atoms with Crippen LogP contribution < -0.4 is 20.7 Å². The van der Waals surface area contributed by atoms with Crippen LogP contribution in [-0.4, -0.2) is 50.6 Å². The lowest BCUT2D eigenvalue weighted by Crippen LogP contribution is -2.31. The van der Waals surface area contributed by atoms with Crippen molar-refractivity contribution in [2.24, 2.45) is 5.41 Å². The molecule has 2 heterocycles. The Hall–Kier alpha value is -3.54. The van der Waals surface area contributed by atoms with Crippen molar-refractivity contribution in [1.29, 1.82) is 0 Å². The molecule has 1 saturated heterocycles. The quantitative estimate of drug-likeness (QED) is 0.174. The lowest BCUT2D eigenvalue weighted by atomic mass is 9.76. The first-order valence-corrected chi connectivity index (χ1v) is 14.6. The smallest absolute Gasteiger partial charge is 0.337 e. The minimum absolute atomic E-state index is 0.0747. The van der Waals surface area contributed by atoms with Crippen LogP contribution in [0.15, 0.2) is 53.1 Å². The summed E-state index contributed by atoms with van der Waals surface area (Å²) in [7, 11) is 2.75. The van der Waals surface area contributed by atoms with E-state index in [0.29, 0.717) is 57.1 Å². The summed E-state index contributed by atoms with van der Waals surface area (Å²) in [5, 5.41) is 9.18.